The molecule has 1 saturated carbocycles. The predicted molar refractivity (Wildman–Crippen MR) is 82.9 cm³/mol. The smallest absolute Gasteiger partial charge is 0.178 e. The van der Waals surface area contributed by atoms with Crippen LogP contribution in [0.2, 0.25) is 0 Å². The zero-order chi connectivity index (χ0) is 13.4. The topological polar surface area (TPSA) is 41.6 Å². The van der Waals surface area contributed by atoms with E-state index in [2.05, 4.69) is 33.2 Å². The summed E-state index contributed by atoms with van der Waals surface area (Å²) >= 11 is 1.92. The third kappa shape index (κ3) is 2.14. The molecule has 3 nitrogen and oxygen atoms in total. The Morgan fingerprint density at radius 3 is 2.95 bits per heavy atom. The van der Waals surface area contributed by atoms with Gasteiger partial charge in [0.15, 0.2) is 5.65 Å². The highest BCUT2D eigenvalue weighted by Crippen LogP contribution is 2.35. The first kappa shape index (κ1) is 12.1. The number of H-pyrrole nitrogens is 1. The van der Waals surface area contributed by atoms with Gasteiger partial charge in [0, 0.05) is 21.5 Å². The molecule has 4 heteroatoms. The minimum atomic E-state index is 0.799. The molecule has 3 heterocycles. The van der Waals surface area contributed by atoms with Gasteiger partial charge in [-0.15, -0.1) is 11.3 Å². The molecular formula is C16H17N3S. The van der Waals surface area contributed by atoms with E-state index in [4.69, 9.17) is 0 Å². The van der Waals surface area contributed by atoms with Gasteiger partial charge in [-0.1, -0.05) is 25.7 Å². The number of nitrogens with zero attached hydrogens (tertiary/aromatic N) is 2. The molecule has 3 aromatic heterocycles. The van der Waals surface area contributed by atoms with Gasteiger partial charge < -0.3 is 4.98 Å². The number of aromatic amines is 1. The second-order valence-electron chi connectivity index (χ2n) is 5.58. The third-order valence-electron chi connectivity index (χ3n) is 4.22. The molecular weight excluding hydrogens is 266 g/mol. The Balaban J connectivity index is 1.65. The number of imidazole rings is 1. The Kier molecular flexibility index (Phi) is 3.03. The summed E-state index contributed by atoms with van der Waals surface area (Å²) in [6.45, 7) is 0. The molecule has 20 heavy (non-hydrogen) atoms. The summed E-state index contributed by atoms with van der Waals surface area (Å²) < 4.78 is 0. The molecule has 0 unspecified atom stereocenters. The van der Waals surface area contributed by atoms with Gasteiger partial charge in [-0.2, -0.15) is 0 Å². The second kappa shape index (κ2) is 5.02. The molecule has 4 rings (SSSR count). The Morgan fingerprint density at radius 2 is 2.05 bits per heavy atom. The maximum absolute atomic E-state index is 4.28. The summed E-state index contributed by atoms with van der Waals surface area (Å²) in [4.78, 5) is 14.5. The van der Waals surface area contributed by atoms with Crippen molar-refractivity contribution in [2.45, 2.75) is 32.1 Å². The van der Waals surface area contributed by atoms with Crippen LogP contribution in [0.15, 0.2) is 30.7 Å². The molecule has 0 amide bonds. The first-order valence-corrected chi connectivity index (χ1v) is 8.09. The lowest BCUT2D eigenvalue weighted by Crippen LogP contribution is -1.95. The summed E-state index contributed by atoms with van der Waals surface area (Å²) in [5.74, 6) is 0.908. The lowest BCUT2D eigenvalue weighted by atomic mass is 10.0. The summed E-state index contributed by atoms with van der Waals surface area (Å²) in [7, 11) is 0. The zero-order valence-electron chi connectivity index (χ0n) is 11.3. The highest BCUT2D eigenvalue weighted by atomic mass is 32.1. The van der Waals surface area contributed by atoms with Crippen molar-refractivity contribution in [1.82, 2.24) is 15.0 Å². The summed E-state index contributed by atoms with van der Waals surface area (Å²) in [5.41, 5.74) is 3.06. The first-order chi connectivity index (χ1) is 9.90. The number of pyridine rings is 1. The second-order valence-corrected chi connectivity index (χ2v) is 6.75. The van der Waals surface area contributed by atoms with E-state index in [1.165, 1.54) is 47.4 Å². The third-order valence-corrected chi connectivity index (χ3v) is 5.36. The average Bonchev–Trinajstić information content (AvgIpc) is 3.19. The number of fused-ring (bicyclic) bond motifs is 1. The monoisotopic (exact) mass is 283 g/mol. The van der Waals surface area contributed by atoms with Crippen LogP contribution in [-0.2, 0) is 6.42 Å². The molecule has 0 radical (unpaired) electrons. The van der Waals surface area contributed by atoms with E-state index in [0.717, 1.165) is 17.1 Å². The highest BCUT2D eigenvalue weighted by Gasteiger charge is 2.17. The molecule has 0 aliphatic heterocycles. The van der Waals surface area contributed by atoms with Crippen molar-refractivity contribution in [1.29, 1.82) is 0 Å². The van der Waals surface area contributed by atoms with Crippen molar-refractivity contribution in [3.63, 3.8) is 0 Å². The molecule has 1 N–H and O–H groups in total. The largest absolute Gasteiger partial charge is 0.343 e. The van der Waals surface area contributed by atoms with E-state index in [9.17, 15) is 0 Å². The highest BCUT2D eigenvalue weighted by molar-refractivity contribution is 7.15. The van der Waals surface area contributed by atoms with Gasteiger partial charge in [0.1, 0.15) is 0 Å². The van der Waals surface area contributed by atoms with Gasteiger partial charge in [0.25, 0.3) is 0 Å². The molecule has 1 aliphatic carbocycles. The van der Waals surface area contributed by atoms with Crippen molar-refractivity contribution >= 4 is 22.5 Å². The van der Waals surface area contributed by atoms with Gasteiger partial charge in [0.2, 0.25) is 0 Å². The van der Waals surface area contributed by atoms with Crippen molar-refractivity contribution in [3.8, 4) is 10.4 Å². The standard InChI is InChI=1S/C16H17N3S/c1-2-4-11(3-1)9-12-5-6-14(20-12)13-7-8-17-16-15(13)18-10-19-16/h5-8,10-11H,1-4,9H2,(H,17,18,19). The summed E-state index contributed by atoms with van der Waals surface area (Å²) in [6.07, 6.45) is 10.5. The van der Waals surface area contributed by atoms with Crippen LogP contribution in [0.25, 0.3) is 21.6 Å². The van der Waals surface area contributed by atoms with Crippen LogP contribution >= 0.6 is 11.3 Å². The zero-order valence-corrected chi connectivity index (χ0v) is 12.1. The fourth-order valence-electron chi connectivity index (χ4n) is 3.19. The Labute approximate surface area is 122 Å². The van der Waals surface area contributed by atoms with Crippen molar-refractivity contribution in [3.05, 3.63) is 35.6 Å². The summed E-state index contributed by atoms with van der Waals surface area (Å²) in [5, 5.41) is 0. The molecule has 0 saturated heterocycles. The van der Waals surface area contributed by atoms with Crippen molar-refractivity contribution in [2.24, 2.45) is 5.92 Å². The van der Waals surface area contributed by atoms with Crippen LogP contribution in [0.3, 0.4) is 0 Å². The molecule has 0 atom stereocenters. The molecule has 3 aromatic rings. The fourth-order valence-corrected chi connectivity index (χ4v) is 4.34. The van der Waals surface area contributed by atoms with E-state index < -0.39 is 0 Å². The minimum absolute atomic E-state index is 0.799. The van der Waals surface area contributed by atoms with Crippen LogP contribution in [0.5, 0.6) is 0 Å². The molecule has 0 bridgehead atoms. The number of rotatable bonds is 3. The average molecular weight is 283 g/mol. The van der Waals surface area contributed by atoms with Crippen molar-refractivity contribution in [2.75, 3.05) is 0 Å². The Hall–Kier alpha value is -1.68. The number of aromatic nitrogens is 3. The van der Waals surface area contributed by atoms with Gasteiger partial charge in [0.05, 0.1) is 11.8 Å². The molecule has 0 aromatic carbocycles. The van der Waals surface area contributed by atoms with Crippen LogP contribution in [0, 0.1) is 5.92 Å². The molecule has 102 valence electrons. The van der Waals surface area contributed by atoms with Crippen LogP contribution in [0.4, 0.5) is 0 Å². The molecule has 1 fully saturated rings. The predicted octanol–water partition coefficient (Wildman–Crippen LogP) is 4.42. The SMILES string of the molecule is c1cc(-c2ccc(CC3CCCC3)s2)c2[nH]cnc2n1. The number of nitrogens with one attached hydrogen (secondary N) is 1. The van der Waals surface area contributed by atoms with Gasteiger partial charge in [-0.25, -0.2) is 9.97 Å². The summed E-state index contributed by atoms with van der Waals surface area (Å²) in [6, 6.07) is 6.61. The maximum atomic E-state index is 4.28. The van der Waals surface area contributed by atoms with E-state index in [0.29, 0.717) is 0 Å². The lowest BCUT2D eigenvalue weighted by Gasteiger charge is -2.05. The first-order valence-electron chi connectivity index (χ1n) is 7.27. The van der Waals surface area contributed by atoms with E-state index in [1.54, 1.807) is 6.33 Å². The number of hydrogen-bond donors (Lipinski definition) is 1. The van der Waals surface area contributed by atoms with E-state index >= 15 is 0 Å². The number of thiophene rings is 1. The normalized spacial score (nSPS) is 16.2. The van der Waals surface area contributed by atoms with Crippen LogP contribution < -0.4 is 0 Å². The minimum Gasteiger partial charge on any atom is -0.343 e. The van der Waals surface area contributed by atoms with Crippen LogP contribution in [0.1, 0.15) is 30.6 Å². The van der Waals surface area contributed by atoms with Gasteiger partial charge >= 0.3 is 0 Å². The Morgan fingerprint density at radius 1 is 1.15 bits per heavy atom. The molecule has 0 spiro atoms. The number of hydrogen-bond acceptors (Lipinski definition) is 3. The van der Waals surface area contributed by atoms with Crippen molar-refractivity contribution < 1.29 is 0 Å². The van der Waals surface area contributed by atoms with E-state index in [-0.39, 0.29) is 0 Å². The quantitative estimate of drug-likeness (QED) is 0.773. The fraction of sp³-hybridized carbons (Fsp3) is 0.375. The van der Waals surface area contributed by atoms with Gasteiger partial charge in [-0.3, -0.25) is 0 Å². The maximum Gasteiger partial charge on any atom is 0.178 e. The van der Waals surface area contributed by atoms with Crippen LogP contribution in [-0.4, -0.2) is 15.0 Å². The van der Waals surface area contributed by atoms with E-state index in [1.807, 2.05) is 17.5 Å². The molecule has 1 aliphatic rings. The lowest BCUT2D eigenvalue weighted by molar-refractivity contribution is 0.551. The Bertz CT molecular complexity index is 722. The van der Waals surface area contributed by atoms with Gasteiger partial charge in [-0.05, 0) is 30.5 Å².